The molecule has 4 heteroatoms. The van der Waals surface area contributed by atoms with Crippen LogP contribution in [0.2, 0.25) is 0 Å². The molecular formula is C15H27N3S. The molecule has 0 amide bonds. The Morgan fingerprint density at radius 2 is 2.16 bits per heavy atom. The lowest BCUT2D eigenvalue weighted by molar-refractivity contribution is 0.518. The van der Waals surface area contributed by atoms with E-state index in [9.17, 15) is 0 Å². The molecular weight excluding hydrogens is 254 g/mol. The lowest BCUT2D eigenvalue weighted by Crippen LogP contribution is -2.31. The molecule has 2 rings (SSSR count). The minimum atomic E-state index is 0.453. The summed E-state index contributed by atoms with van der Waals surface area (Å²) in [5.41, 5.74) is 1.21. The highest BCUT2D eigenvalue weighted by Crippen LogP contribution is 2.29. The molecule has 108 valence electrons. The molecule has 0 radical (unpaired) electrons. The van der Waals surface area contributed by atoms with Crippen LogP contribution in [-0.4, -0.2) is 33.9 Å². The van der Waals surface area contributed by atoms with E-state index in [1.165, 1.54) is 37.1 Å². The molecule has 0 aromatic carbocycles. The summed E-state index contributed by atoms with van der Waals surface area (Å²) in [4.78, 5) is 0. The van der Waals surface area contributed by atoms with Gasteiger partial charge in [-0.2, -0.15) is 16.9 Å². The van der Waals surface area contributed by atoms with E-state index in [1.807, 2.05) is 4.68 Å². The Labute approximate surface area is 121 Å². The van der Waals surface area contributed by atoms with Gasteiger partial charge in [-0.25, -0.2) is 0 Å². The van der Waals surface area contributed by atoms with Crippen molar-refractivity contribution < 1.29 is 0 Å². The minimum Gasteiger partial charge on any atom is -0.316 e. The van der Waals surface area contributed by atoms with Crippen LogP contribution in [0, 0.1) is 0 Å². The zero-order chi connectivity index (χ0) is 13.7. The van der Waals surface area contributed by atoms with Crippen molar-refractivity contribution in [2.24, 2.45) is 0 Å². The maximum Gasteiger partial charge on any atom is 0.0640 e. The van der Waals surface area contributed by atoms with E-state index in [0.29, 0.717) is 12.1 Å². The molecule has 1 aromatic heterocycles. The zero-order valence-electron chi connectivity index (χ0n) is 12.4. The lowest BCUT2D eigenvalue weighted by atomic mass is 10.2. The van der Waals surface area contributed by atoms with Gasteiger partial charge in [0.1, 0.15) is 0 Å². The number of nitrogens with zero attached hydrogens (tertiary/aromatic N) is 2. The molecule has 0 spiro atoms. The predicted molar refractivity (Wildman–Crippen MR) is 83.9 cm³/mol. The van der Waals surface area contributed by atoms with Crippen molar-refractivity contribution in [3.8, 4) is 0 Å². The molecule has 1 aliphatic rings. The molecule has 1 heterocycles. The first kappa shape index (κ1) is 14.9. The summed E-state index contributed by atoms with van der Waals surface area (Å²) in [5, 5.41) is 8.99. The largest absolute Gasteiger partial charge is 0.316 e. The SMILES string of the molecule is CNC(CSC1CCCC1)Cc1ccn(C(C)C)n1. The molecule has 1 N–H and O–H groups in total. The lowest BCUT2D eigenvalue weighted by Gasteiger charge is -2.17. The van der Waals surface area contributed by atoms with E-state index >= 15 is 0 Å². The van der Waals surface area contributed by atoms with Crippen molar-refractivity contribution >= 4 is 11.8 Å². The van der Waals surface area contributed by atoms with Gasteiger partial charge in [-0.3, -0.25) is 4.68 Å². The van der Waals surface area contributed by atoms with Gasteiger partial charge in [0.15, 0.2) is 0 Å². The predicted octanol–water partition coefficient (Wildman–Crippen LogP) is 3.27. The maximum atomic E-state index is 4.64. The van der Waals surface area contributed by atoms with Crippen LogP contribution in [0.15, 0.2) is 12.3 Å². The summed E-state index contributed by atoms with van der Waals surface area (Å²) in [6, 6.07) is 3.15. The Bertz CT molecular complexity index is 369. The number of hydrogen-bond donors (Lipinski definition) is 1. The van der Waals surface area contributed by atoms with Gasteiger partial charge in [0.25, 0.3) is 0 Å². The van der Waals surface area contributed by atoms with Crippen LogP contribution in [0.3, 0.4) is 0 Å². The number of likely N-dealkylation sites (N-methyl/N-ethyl adjacent to an activating group) is 1. The van der Waals surface area contributed by atoms with Gasteiger partial charge in [0, 0.05) is 35.7 Å². The Balaban J connectivity index is 1.80. The van der Waals surface area contributed by atoms with Crippen molar-refractivity contribution in [1.82, 2.24) is 15.1 Å². The molecule has 1 aromatic rings. The summed E-state index contributed by atoms with van der Waals surface area (Å²) in [6.07, 6.45) is 8.83. The first-order valence-corrected chi connectivity index (χ1v) is 8.57. The highest BCUT2D eigenvalue weighted by atomic mass is 32.2. The molecule has 0 bridgehead atoms. The topological polar surface area (TPSA) is 29.9 Å². The van der Waals surface area contributed by atoms with Crippen LogP contribution in [0.25, 0.3) is 0 Å². The van der Waals surface area contributed by atoms with E-state index in [2.05, 4.69) is 55.3 Å². The average molecular weight is 281 g/mol. The number of rotatable bonds is 7. The number of nitrogens with one attached hydrogen (secondary N) is 1. The van der Waals surface area contributed by atoms with E-state index < -0.39 is 0 Å². The van der Waals surface area contributed by atoms with Crippen LogP contribution in [0.5, 0.6) is 0 Å². The van der Waals surface area contributed by atoms with Crippen LogP contribution in [-0.2, 0) is 6.42 Å². The van der Waals surface area contributed by atoms with Crippen molar-refractivity contribution in [3.05, 3.63) is 18.0 Å². The summed E-state index contributed by atoms with van der Waals surface area (Å²) in [6.45, 7) is 4.34. The Hall–Kier alpha value is -0.480. The monoisotopic (exact) mass is 281 g/mol. The van der Waals surface area contributed by atoms with Crippen molar-refractivity contribution in [2.75, 3.05) is 12.8 Å². The summed E-state index contributed by atoms with van der Waals surface area (Å²) in [7, 11) is 2.07. The molecule has 19 heavy (non-hydrogen) atoms. The molecule has 1 saturated carbocycles. The van der Waals surface area contributed by atoms with Crippen molar-refractivity contribution in [3.63, 3.8) is 0 Å². The van der Waals surface area contributed by atoms with Crippen LogP contribution in [0.4, 0.5) is 0 Å². The molecule has 1 unspecified atom stereocenters. The van der Waals surface area contributed by atoms with Gasteiger partial charge < -0.3 is 5.32 Å². The van der Waals surface area contributed by atoms with Gasteiger partial charge in [0.2, 0.25) is 0 Å². The zero-order valence-corrected chi connectivity index (χ0v) is 13.2. The summed E-state index contributed by atoms with van der Waals surface area (Å²) in [5.74, 6) is 1.20. The first-order chi connectivity index (χ1) is 9.19. The second kappa shape index (κ2) is 7.34. The molecule has 1 aliphatic carbocycles. The average Bonchev–Trinajstić information content (AvgIpc) is 3.05. The van der Waals surface area contributed by atoms with Gasteiger partial charge in [-0.1, -0.05) is 12.8 Å². The van der Waals surface area contributed by atoms with E-state index in [4.69, 9.17) is 0 Å². The van der Waals surface area contributed by atoms with E-state index in [0.717, 1.165) is 11.7 Å². The third kappa shape index (κ3) is 4.53. The molecule has 1 atom stereocenters. The van der Waals surface area contributed by atoms with Crippen molar-refractivity contribution in [1.29, 1.82) is 0 Å². The van der Waals surface area contributed by atoms with E-state index in [1.54, 1.807) is 0 Å². The molecule has 0 saturated heterocycles. The quantitative estimate of drug-likeness (QED) is 0.832. The van der Waals surface area contributed by atoms with Gasteiger partial charge in [0.05, 0.1) is 5.69 Å². The maximum absolute atomic E-state index is 4.64. The number of thioether (sulfide) groups is 1. The molecule has 3 nitrogen and oxygen atoms in total. The van der Waals surface area contributed by atoms with Crippen LogP contribution in [0.1, 0.15) is 51.3 Å². The fourth-order valence-electron chi connectivity index (χ4n) is 2.58. The second-order valence-corrected chi connectivity index (χ2v) is 7.14. The highest BCUT2D eigenvalue weighted by molar-refractivity contribution is 7.99. The third-order valence-electron chi connectivity index (χ3n) is 3.89. The highest BCUT2D eigenvalue weighted by Gasteiger charge is 2.18. The molecule has 0 aliphatic heterocycles. The smallest absolute Gasteiger partial charge is 0.0640 e. The van der Waals surface area contributed by atoms with Gasteiger partial charge in [-0.15, -0.1) is 0 Å². The Morgan fingerprint density at radius 1 is 1.42 bits per heavy atom. The van der Waals surface area contributed by atoms with Gasteiger partial charge >= 0.3 is 0 Å². The fourth-order valence-corrected chi connectivity index (χ4v) is 4.03. The van der Waals surface area contributed by atoms with Crippen molar-refractivity contribution in [2.45, 2.75) is 63.3 Å². The second-order valence-electron chi connectivity index (χ2n) is 5.81. The first-order valence-electron chi connectivity index (χ1n) is 7.52. The Kier molecular flexibility index (Phi) is 5.76. The summed E-state index contributed by atoms with van der Waals surface area (Å²) >= 11 is 2.15. The minimum absolute atomic E-state index is 0.453. The third-order valence-corrected chi connectivity index (χ3v) is 5.43. The standard InChI is InChI=1S/C15H27N3S/c1-12(2)18-9-8-13(17-18)10-14(16-3)11-19-15-6-4-5-7-15/h8-9,12,14-16H,4-7,10-11H2,1-3H3. The van der Waals surface area contributed by atoms with Crippen LogP contribution < -0.4 is 5.32 Å². The molecule has 1 fully saturated rings. The number of hydrogen-bond acceptors (Lipinski definition) is 3. The van der Waals surface area contributed by atoms with E-state index in [-0.39, 0.29) is 0 Å². The summed E-state index contributed by atoms with van der Waals surface area (Å²) < 4.78 is 2.05. The van der Waals surface area contributed by atoms with Gasteiger partial charge in [-0.05, 0) is 39.8 Å². The Morgan fingerprint density at radius 3 is 2.74 bits per heavy atom. The normalized spacial score (nSPS) is 18.3. The fraction of sp³-hybridized carbons (Fsp3) is 0.800. The number of aromatic nitrogens is 2. The van der Waals surface area contributed by atoms with Crippen LogP contribution >= 0.6 is 11.8 Å².